The first-order valence-corrected chi connectivity index (χ1v) is 7.14. The molecule has 5 atom stereocenters. The molecule has 98 valence electrons. The predicted molar refractivity (Wildman–Crippen MR) is 69.4 cm³/mol. The van der Waals surface area contributed by atoms with Gasteiger partial charge < -0.3 is 11.1 Å². The summed E-state index contributed by atoms with van der Waals surface area (Å²) < 4.78 is 0. The van der Waals surface area contributed by atoms with Crippen molar-refractivity contribution in [3.05, 3.63) is 0 Å². The topological polar surface area (TPSA) is 55.1 Å². The second-order valence-corrected chi connectivity index (χ2v) is 6.22. The van der Waals surface area contributed by atoms with Crippen LogP contribution in [0.3, 0.4) is 0 Å². The minimum Gasteiger partial charge on any atom is -0.353 e. The quantitative estimate of drug-likeness (QED) is 0.773. The van der Waals surface area contributed by atoms with Gasteiger partial charge in [0.2, 0.25) is 5.91 Å². The van der Waals surface area contributed by atoms with E-state index < -0.39 is 0 Å². The average molecular weight is 238 g/mol. The maximum absolute atomic E-state index is 12.2. The Bertz CT molecular complexity index is 279. The fourth-order valence-electron chi connectivity index (χ4n) is 3.39. The van der Waals surface area contributed by atoms with Crippen molar-refractivity contribution in [3.63, 3.8) is 0 Å². The van der Waals surface area contributed by atoms with E-state index in [9.17, 15) is 4.79 Å². The Morgan fingerprint density at radius 3 is 2.59 bits per heavy atom. The minimum absolute atomic E-state index is 0.0506. The van der Waals surface area contributed by atoms with Gasteiger partial charge in [0.05, 0.1) is 5.92 Å². The fourth-order valence-corrected chi connectivity index (χ4v) is 3.39. The lowest BCUT2D eigenvalue weighted by molar-refractivity contribution is -0.127. The van der Waals surface area contributed by atoms with E-state index in [4.69, 9.17) is 5.73 Å². The minimum atomic E-state index is 0.0506. The molecule has 0 saturated heterocycles. The van der Waals surface area contributed by atoms with Gasteiger partial charge in [0, 0.05) is 12.1 Å². The number of carbonyl (C=O) groups excluding carboxylic acids is 1. The molecule has 0 radical (unpaired) electrons. The van der Waals surface area contributed by atoms with E-state index in [-0.39, 0.29) is 17.9 Å². The fraction of sp³-hybridized carbons (Fsp3) is 0.929. The van der Waals surface area contributed by atoms with Crippen molar-refractivity contribution in [2.24, 2.45) is 23.5 Å². The first kappa shape index (κ1) is 12.9. The van der Waals surface area contributed by atoms with E-state index in [1.54, 1.807) is 0 Å². The number of hydrogen-bond acceptors (Lipinski definition) is 2. The van der Waals surface area contributed by atoms with Gasteiger partial charge in [-0.25, -0.2) is 0 Å². The summed E-state index contributed by atoms with van der Waals surface area (Å²) in [7, 11) is 0. The zero-order chi connectivity index (χ0) is 12.4. The Morgan fingerprint density at radius 2 is 1.94 bits per heavy atom. The lowest BCUT2D eigenvalue weighted by atomic mass is 9.77. The zero-order valence-electron chi connectivity index (χ0n) is 11.1. The monoisotopic (exact) mass is 238 g/mol. The van der Waals surface area contributed by atoms with Crippen molar-refractivity contribution in [3.8, 4) is 0 Å². The molecule has 3 nitrogen and oxygen atoms in total. The van der Waals surface area contributed by atoms with Gasteiger partial charge in [0.25, 0.3) is 0 Å². The summed E-state index contributed by atoms with van der Waals surface area (Å²) in [5, 5.41) is 3.21. The van der Waals surface area contributed by atoms with E-state index in [1.165, 1.54) is 12.8 Å². The van der Waals surface area contributed by atoms with E-state index in [2.05, 4.69) is 19.2 Å². The van der Waals surface area contributed by atoms with Gasteiger partial charge in [0.15, 0.2) is 0 Å². The molecular weight excluding hydrogens is 212 g/mol. The highest BCUT2D eigenvalue weighted by molar-refractivity contribution is 5.79. The van der Waals surface area contributed by atoms with E-state index in [0.29, 0.717) is 12.0 Å². The molecule has 3 N–H and O–H groups in total. The molecule has 5 unspecified atom stereocenters. The first-order valence-electron chi connectivity index (χ1n) is 7.14. The van der Waals surface area contributed by atoms with Crippen LogP contribution in [-0.4, -0.2) is 18.0 Å². The number of nitrogens with two attached hydrogens (primary N) is 1. The number of rotatable bonds is 2. The smallest absolute Gasteiger partial charge is 0.224 e. The zero-order valence-corrected chi connectivity index (χ0v) is 11.1. The molecule has 2 rings (SSSR count). The molecule has 2 aliphatic carbocycles. The van der Waals surface area contributed by atoms with Crippen LogP contribution in [0.2, 0.25) is 0 Å². The van der Waals surface area contributed by atoms with Crippen molar-refractivity contribution in [1.82, 2.24) is 5.32 Å². The highest BCUT2D eigenvalue weighted by atomic mass is 16.2. The molecule has 2 aliphatic rings. The number of nitrogens with one attached hydrogen (secondary N) is 1. The molecule has 1 amide bonds. The summed E-state index contributed by atoms with van der Waals surface area (Å²) in [5.41, 5.74) is 6.16. The molecule has 3 heteroatoms. The van der Waals surface area contributed by atoms with Crippen LogP contribution < -0.4 is 11.1 Å². The summed E-state index contributed by atoms with van der Waals surface area (Å²) in [6.45, 7) is 4.43. The van der Waals surface area contributed by atoms with E-state index in [1.807, 2.05) is 0 Å². The molecule has 0 aromatic rings. The lowest BCUT2D eigenvalue weighted by Crippen LogP contribution is -2.49. The molecule has 0 aromatic carbocycles. The van der Waals surface area contributed by atoms with Crippen molar-refractivity contribution in [1.29, 1.82) is 0 Å². The van der Waals surface area contributed by atoms with Crippen LogP contribution in [0.1, 0.15) is 52.4 Å². The van der Waals surface area contributed by atoms with Crippen molar-refractivity contribution in [2.75, 3.05) is 0 Å². The van der Waals surface area contributed by atoms with Crippen molar-refractivity contribution < 1.29 is 4.79 Å². The molecule has 0 spiro atoms. The van der Waals surface area contributed by atoms with Crippen LogP contribution in [-0.2, 0) is 4.79 Å². The maximum Gasteiger partial charge on any atom is 0.224 e. The van der Waals surface area contributed by atoms with Crippen molar-refractivity contribution in [2.45, 2.75) is 64.5 Å². The Labute approximate surface area is 105 Å². The second kappa shape index (κ2) is 5.38. The van der Waals surface area contributed by atoms with Gasteiger partial charge in [-0.1, -0.05) is 20.3 Å². The molecule has 2 fully saturated rings. The Hall–Kier alpha value is -0.570. The average Bonchev–Trinajstić information content (AvgIpc) is 2.68. The van der Waals surface area contributed by atoms with Crippen LogP contribution in [0.25, 0.3) is 0 Å². The molecule has 0 aromatic heterocycles. The normalized spacial score (nSPS) is 42.4. The van der Waals surface area contributed by atoms with Gasteiger partial charge in [-0.2, -0.15) is 0 Å². The van der Waals surface area contributed by atoms with Crippen molar-refractivity contribution >= 4 is 5.91 Å². The summed E-state index contributed by atoms with van der Waals surface area (Å²) >= 11 is 0. The van der Waals surface area contributed by atoms with Gasteiger partial charge in [-0.05, 0) is 43.9 Å². The molecule has 0 aliphatic heterocycles. The molecule has 0 heterocycles. The highest BCUT2D eigenvalue weighted by Gasteiger charge is 2.34. The number of amides is 1. The van der Waals surface area contributed by atoms with E-state index >= 15 is 0 Å². The Morgan fingerprint density at radius 1 is 1.18 bits per heavy atom. The Balaban J connectivity index is 1.86. The van der Waals surface area contributed by atoms with Gasteiger partial charge in [0.1, 0.15) is 0 Å². The standard InChI is InChI=1S/C14H26N2O/c1-9-6-7-11(8-9)16-14(17)12-5-3-4-10(2)13(12)15/h9-13H,3-8,15H2,1-2H3,(H,16,17). The number of carbonyl (C=O) groups is 1. The molecule has 0 bridgehead atoms. The third kappa shape index (κ3) is 3.01. The lowest BCUT2D eigenvalue weighted by Gasteiger charge is -2.33. The number of hydrogen-bond donors (Lipinski definition) is 2. The Kier molecular flexibility index (Phi) is 4.08. The highest BCUT2D eigenvalue weighted by Crippen LogP contribution is 2.29. The van der Waals surface area contributed by atoms with Crippen LogP contribution in [0, 0.1) is 17.8 Å². The van der Waals surface area contributed by atoms with Crippen LogP contribution >= 0.6 is 0 Å². The van der Waals surface area contributed by atoms with Crippen LogP contribution in [0.4, 0.5) is 0 Å². The third-order valence-electron chi connectivity index (χ3n) is 4.67. The van der Waals surface area contributed by atoms with Gasteiger partial charge >= 0.3 is 0 Å². The summed E-state index contributed by atoms with van der Waals surface area (Å²) in [4.78, 5) is 12.2. The predicted octanol–water partition coefficient (Wildman–Crippen LogP) is 2.05. The third-order valence-corrected chi connectivity index (χ3v) is 4.67. The first-order chi connectivity index (χ1) is 8.08. The molecule has 2 saturated carbocycles. The van der Waals surface area contributed by atoms with Crippen LogP contribution in [0.15, 0.2) is 0 Å². The summed E-state index contributed by atoms with van der Waals surface area (Å²) in [6.07, 6.45) is 6.82. The largest absolute Gasteiger partial charge is 0.353 e. The SMILES string of the molecule is CC1CCC(NC(=O)C2CCCC(C)C2N)C1. The van der Waals surface area contributed by atoms with Crippen LogP contribution in [0.5, 0.6) is 0 Å². The summed E-state index contributed by atoms with van der Waals surface area (Å²) in [5.74, 6) is 1.51. The summed E-state index contributed by atoms with van der Waals surface area (Å²) in [6, 6.07) is 0.463. The van der Waals surface area contributed by atoms with Gasteiger partial charge in [-0.3, -0.25) is 4.79 Å². The molecular formula is C14H26N2O. The molecule has 17 heavy (non-hydrogen) atoms. The maximum atomic E-state index is 12.2. The van der Waals surface area contributed by atoms with E-state index in [0.717, 1.165) is 31.6 Å². The van der Waals surface area contributed by atoms with Gasteiger partial charge in [-0.15, -0.1) is 0 Å². The second-order valence-electron chi connectivity index (χ2n) is 6.22.